The summed E-state index contributed by atoms with van der Waals surface area (Å²) < 4.78 is 0. The van der Waals surface area contributed by atoms with Crippen LogP contribution in [0.2, 0.25) is 20.1 Å². The van der Waals surface area contributed by atoms with E-state index >= 15 is 0 Å². The summed E-state index contributed by atoms with van der Waals surface area (Å²) in [5.74, 6) is 3.29. The lowest BCUT2D eigenvalue weighted by molar-refractivity contribution is 0.569. The first kappa shape index (κ1) is 36.3. The van der Waals surface area contributed by atoms with Crippen LogP contribution in [0.4, 0.5) is 23.5 Å². The van der Waals surface area contributed by atoms with Crippen molar-refractivity contribution >= 4 is 91.7 Å². The number of benzene rings is 4. The number of nitrogens with one attached hydrogen (secondary N) is 2. The first-order valence-electron chi connectivity index (χ1n) is 17.8. The Hall–Kier alpha value is -4.08. The first-order valence-corrected chi connectivity index (χ1v) is 19.3. The number of nitrogens with zero attached hydrogens (tertiary/aromatic N) is 6. The summed E-state index contributed by atoms with van der Waals surface area (Å²) in [7, 11) is 0. The number of fused-ring (bicyclic) bond motifs is 2. The van der Waals surface area contributed by atoms with Gasteiger partial charge in [0, 0.05) is 60.1 Å². The van der Waals surface area contributed by atoms with Crippen molar-refractivity contribution in [1.82, 2.24) is 19.9 Å². The van der Waals surface area contributed by atoms with Crippen LogP contribution in [0.5, 0.6) is 0 Å². The topological polar surface area (TPSA) is 82.1 Å². The van der Waals surface area contributed by atoms with E-state index in [0.29, 0.717) is 33.2 Å². The fourth-order valence-corrected chi connectivity index (χ4v) is 7.34. The molecule has 0 aliphatic carbocycles. The average molecular weight is 775 g/mol. The van der Waals surface area contributed by atoms with Crippen LogP contribution in [-0.4, -0.2) is 46.1 Å². The number of rotatable bonds is 8. The minimum atomic E-state index is 0.563. The molecule has 0 bridgehead atoms. The first-order chi connectivity index (χ1) is 25.4. The highest BCUT2D eigenvalue weighted by Gasteiger charge is 2.18. The SMILES string of the molecule is Clc1ccc(CNc2nc(N3CCCCC3)nc3ccccc23)c(Cl)c1.Clc1ccc(CNc2nc(N3CCCCC3)nc3ccccc23)cc1Cl. The quantitative estimate of drug-likeness (QED) is 0.158. The Morgan fingerprint density at radius 1 is 0.500 bits per heavy atom. The lowest BCUT2D eigenvalue weighted by Gasteiger charge is -2.27. The van der Waals surface area contributed by atoms with Gasteiger partial charge in [0.2, 0.25) is 11.9 Å². The van der Waals surface area contributed by atoms with Gasteiger partial charge in [0.15, 0.2) is 0 Å². The Labute approximate surface area is 324 Å². The minimum absolute atomic E-state index is 0.563. The van der Waals surface area contributed by atoms with Crippen molar-refractivity contribution in [2.45, 2.75) is 51.6 Å². The zero-order valence-corrected chi connectivity index (χ0v) is 31.8. The van der Waals surface area contributed by atoms with Gasteiger partial charge >= 0.3 is 0 Å². The van der Waals surface area contributed by atoms with E-state index in [2.05, 4.69) is 20.4 Å². The standard InChI is InChI=1S/2C20H20Cl2N4/c21-15-9-8-14(17(22)12-15)13-23-19-16-6-2-3-7-18(16)24-20(25-19)26-10-4-1-5-11-26;21-16-9-8-14(12-17(16)22)13-23-19-15-6-2-3-7-18(15)24-20(25-19)26-10-4-1-5-11-26/h2*2-3,6-9,12H,1,4-5,10-11,13H2,(H,23,24,25). The molecule has 2 aliphatic heterocycles. The largest absolute Gasteiger partial charge is 0.365 e. The highest BCUT2D eigenvalue weighted by Crippen LogP contribution is 2.29. The highest BCUT2D eigenvalue weighted by molar-refractivity contribution is 6.42. The van der Waals surface area contributed by atoms with Crippen LogP contribution in [-0.2, 0) is 13.1 Å². The number of hydrogen-bond acceptors (Lipinski definition) is 8. The lowest BCUT2D eigenvalue weighted by Crippen LogP contribution is -2.31. The molecule has 0 saturated carbocycles. The van der Waals surface area contributed by atoms with Crippen molar-refractivity contribution in [2.75, 3.05) is 46.6 Å². The molecule has 52 heavy (non-hydrogen) atoms. The molecule has 2 N–H and O–H groups in total. The van der Waals surface area contributed by atoms with Gasteiger partial charge in [-0.15, -0.1) is 0 Å². The molecule has 4 heterocycles. The van der Waals surface area contributed by atoms with Crippen LogP contribution in [0.25, 0.3) is 21.8 Å². The van der Waals surface area contributed by atoms with Gasteiger partial charge in [0.25, 0.3) is 0 Å². The smallest absolute Gasteiger partial charge is 0.227 e. The number of anilines is 4. The summed E-state index contributed by atoms with van der Waals surface area (Å²) in [6, 6.07) is 27.4. The monoisotopic (exact) mass is 772 g/mol. The van der Waals surface area contributed by atoms with E-state index in [0.717, 1.165) is 82.6 Å². The van der Waals surface area contributed by atoms with E-state index in [4.69, 9.17) is 66.3 Å². The summed E-state index contributed by atoms with van der Waals surface area (Å²) in [6.45, 7) is 5.27. The third kappa shape index (κ3) is 8.92. The van der Waals surface area contributed by atoms with Crippen LogP contribution in [0, 0.1) is 0 Å². The molecule has 4 aromatic carbocycles. The van der Waals surface area contributed by atoms with Crippen LogP contribution < -0.4 is 20.4 Å². The van der Waals surface area contributed by atoms with Gasteiger partial charge in [-0.25, -0.2) is 9.97 Å². The molecule has 2 saturated heterocycles. The van der Waals surface area contributed by atoms with E-state index in [-0.39, 0.29) is 0 Å². The number of aromatic nitrogens is 4. The minimum Gasteiger partial charge on any atom is -0.365 e. The maximum absolute atomic E-state index is 6.30. The Kier molecular flexibility index (Phi) is 12.0. The summed E-state index contributed by atoms with van der Waals surface area (Å²) in [5.41, 5.74) is 3.95. The second-order valence-electron chi connectivity index (χ2n) is 13.1. The van der Waals surface area contributed by atoms with Crippen molar-refractivity contribution < 1.29 is 0 Å². The van der Waals surface area contributed by atoms with Crippen molar-refractivity contribution in [3.8, 4) is 0 Å². The molecular weight excluding hydrogens is 734 g/mol. The molecule has 0 unspecified atom stereocenters. The van der Waals surface area contributed by atoms with Gasteiger partial charge in [-0.05, 0) is 98.2 Å². The van der Waals surface area contributed by atoms with E-state index < -0.39 is 0 Å². The number of piperidine rings is 2. The summed E-state index contributed by atoms with van der Waals surface area (Å²) >= 11 is 24.4. The van der Waals surface area contributed by atoms with Crippen molar-refractivity contribution in [1.29, 1.82) is 0 Å². The Balaban J connectivity index is 0.000000162. The number of hydrogen-bond donors (Lipinski definition) is 2. The van der Waals surface area contributed by atoms with Crippen LogP contribution in [0.1, 0.15) is 49.7 Å². The molecule has 6 aromatic rings. The highest BCUT2D eigenvalue weighted by atomic mass is 35.5. The van der Waals surface area contributed by atoms with Crippen molar-refractivity contribution in [3.63, 3.8) is 0 Å². The van der Waals surface area contributed by atoms with E-state index in [1.165, 1.54) is 38.5 Å². The van der Waals surface area contributed by atoms with Crippen LogP contribution >= 0.6 is 46.4 Å². The number of para-hydroxylation sites is 2. The molecule has 0 atom stereocenters. The molecular formula is C40H40Cl4N8. The predicted molar refractivity (Wildman–Crippen MR) is 219 cm³/mol. The number of halogens is 4. The third-order valence-corrected chi connectivity index (χ3v) is 10.7. The molecule has 0 spiro atoms. The Morgan fingerprint density at radius 2 is 1.04 bits per heavy atom. The van der Waals surface area contributed by atoms with Gasteiger partial charge in [0.1, 0.15) is 11.6 Å². The molecule has 2 aliphatic rings. The van der Waals surface area contributed by atoms with Crippen molar-refractivity contribution in [3.05, 3.63) is 116 Å². The fourth-order valence-electron chi connectivity index (χ4n) is 6.55. The van der Waals surface area contributed by atoms with E-state index in [1.54, 1.807) is 6.07 Å². The van der Waals surface area contributed by atoms with E-state index in [9.17, 15) is 0 Å². The Morgan fingerprint density at radius 3 is 1.58 bits per heavy atom. The average Bonchev–Trinajstić information content (AvgIpc) is 3.18. The molecule has 8 rings (SSSR count). The lowest BCUT2D eigenvalue weighted by atomic mass is 10.1. The third-order valence-electron chi connectivity index (χ3n) is 9.37. The predicted octanol–water partition coefficient (Wildman–Crippen LogP) is 11.1. The second-order valence-corrected chi connectivity index (χ2v) is 14.7. The van der Waals surface area contributed by atoms with Crippen LogP contribution in [0.15, 0.2) is 84.9 Å². The molecule has 8 nitrogen and oxygen atoms in total. The van der Waals surface area contributed by atoms with Crippen LogP contribution in [0.3, 0.4) is 0 Å². The normalized spacial score (nSPS) is 14.6. The van der Waals surface area contributed by atoms with Crippen molar-refractivity contribution in [2.24, 2.45) is 0 Å². The summed E-state index contributed by atoms with van der Waals surface area (Å²) in [6.07, 6.45) is 7.35. The van der Waals surface area contributed by atoms with Gasteiger partial charge in [-0.1, -0.05) is 82.8 Å². The molecule has 2 aromatic heterocycles. The fraction of sp³-hybridized carbons (Fsp3) is 0.300. The van der Waals surface area contributed by atoms with Gasteiger partial charge < -0.3 is 20.4 Å². The van der Waals surface area contributed by atoms with Gasteiger partial charge in [-0.3, -0.25) is 0 Å². The maximum atomic E-state index is 6.30. The second kappa shape index (κ2) is 17.2. The summed E-state index contributed by atoms with van der Waals surface area (Å²) in [5, 5.41) is 11.3. The summed E-state index contributed by atoms with van der Waals surface area (Å²) in [4.78, 5) is 23.7. The maximum Gasteiger partial charge on any atom is 0.227 e. The van der Waals surface area contributed by atoms with Gasteiger partial charge in [-0.2, -0.15) is 9.97 Å². The molecule has 268 valence electrons. The van der Waals surface area contributed by atoms with Gasteiger partial charge in [0.05, 0.1) is 21.1 Å². The molecule has 12 heteroatoms. The zero-order valence-electron chi connectivity index (χ0n) is 28.8. The van der Waals surface area contributed by atoms with E-state index in [1.807, 2.05) is 78.9 Å². The Bertz CT molecular complexity index is 2150. The molecule has 0 amide bonds. The zero-order chi connectivity index (χ0) is 35.9. The molecule has 0 radical (unpaired) electrons. The molecule has 2 fully saturated rings.